The fraction of sp³-hybridized carbons (Fsp3) is 0.556. The Morgan fingerprint density at radius 1 is 1.42 bits per heavy atom. The average Bonchev–Trinajstić information content (AvgIpc) is 2.13. The van der Waals surface area contributed by atoms with Crippen molar-refractivity contribution in [3.05, 3.63) is 22.2 Å². The molecule has 68 valence electrons. The van der Waals surface area contributed by atoms with Gasteiger partial charge in [-0.05, 0) is 29.3 Å². The minimum Gasteiger partial charge on any atom is -0.240 e. The van der Waals surface area contributed by atoms with E-state index in [1.807, 2.05) is 20.8 Å². The van der Waals surface area contributed by atoms with E-state index in [0.717, 1.165) is 22.4 Å². The summed E-state index contributed by atoms with van der Waals surface area (Å²) in [6.45, 7) is 7.97. The van der Waals surface area contributed by atoms with Gasteiger partial charge in [0, 0.05) is 6.20 Å². The molecule has 0 radical (unpaired) electrons. The van der Waals surface area contributed by atoms with E-state index in [1.54, 1.807) is 6.20 Å². The number of nitrogens with zero attached hydrogens (tertiary/aromatic N) is 2. The lowest BCUT2D eigenvalue weighted by atomic mass is 10.3. The molecule has 0 amide bonds. The van der Waals surface area contributed by atoms with Crippen LogP contribution < -0.4 is 0 Å². The van der Waals surface area contributed by atoms with Crippen LogP contribution in [0.25, 0.3) is 0 Å². The summed E-state index contributed by atoms with van der Waals surface area (Å²) in [7, 11) is 0. The molecule has 2 nitrogen and oxygen atoms in total. The molecule has 0 saturated carbocycles. The highest BCUT2D eigenvalue weighted by molar-refractivity contribution is 9.10. The summed E-state index contributed by atoms with van der Waals surface area (Å²) in [6, 6.07) is 0. The van der Waals surface area contributed by atoms with Gasteiger partial charge in [0.05, 0.1) is 10.2 Å². The third kappa shape index (κ3) is 3.30. The van der Waals surface area contributed by atoms with Crippen molar-refractivity contribution in [3.8, 4) is 0 Å². The first kappa shape index (κ1) is 11.6. The Balaban J connectivity index is 0.000000561. The summed E-state index contributed by atoms with van der Waals surface area (Å²) < 4.78 is 1.00. The topological polar surface area (TPSA) is 25.8 Å². The van der Waals surface area contributed by atoms with Crippen molar-refractivity contribution in [2.45, 2.75) is 34.1 Å². The molecule has 0 aliphatic carbocycles. The van der Waals surface area contributed by atoms with Crippen LogP contribution in [0.1, 0.15) is 32.3 Å². The maximum absolute atomic E-state index is 4.23. The highest BCUT2D eigenvalue weighted by Crippen LogP contribution is 2.12. The number of halogens is 1. The normalized spacial score (nSPS) is 8.75. The fourth-order valence-corrected chi connectivity index (χ4v) is 1.22. The molecule has 1 aromatic rings. The van der Waals surface area contributed by atoms with E-state index in [-0.39, 0.29) is 0 Å². The van der Waals surface area contributed by atoms with E-state index >= 15 is 0 Å². The molecule has 3 heteroatoms. The van der Waals surface area contributed by atoms with Crippen LogP contribution in [0, 0.1) is 6.92 Å². The molecule has 0 fully saturated rings. The highest BCUT2D eigenvalue weighted by atomic mass is 79.9. The standard InChI is InChI=1S/C7H9BrN2.C2H6/c1-3-7-6(8)4-9-5(2)10-7;1-2/h4H,3H2,1-2H3;1-2H3. The Morgan fingerprint density at radius 3 is 2.42 bits per heavy atom. The minimum atomic E-state index is 0.833. The second-order valence-electron chi connectivity index (χ2n) is 2.07. The number of rotatable bonds is 1. The predicted octanol–water partition coefficient (Wildman–Crippen LogP) is 3.14. The molecule has 0 N–H and O–H groups in total. The number of hydrogen-bond donors (Lipinski definition) is 0. The maximum Gasteiger partial charge on any atom is 0.125 e. The van der Waals surface area contributed by atoms with Crippen molar-refractivity contribution in [2.24, 2.45) is 0 Å². The zero-order chi connectivity index (χ0) is 9.56. The summed E-state index contributed by atoms with van der Waals surface area (Å²) in [6.07, 6.45) is 2.74. The summed E-state index contributed by atoms with van der Waals surface area (Å²) in [4.78, 5) is 8.26. The smallest absolute Gasteiger partial charge is 0.125 e. The SMILES string of the molecule is CC.CCc1nc(C)ncc1Br. The van der Waals surface area contributed by atoms with Gasteiger partial charge in [0.1, 0.15) is 5.82 Å². The molecule has 0 spiro atoms. The molecule has 0 aromatic carbocycles. The molecule has 1 aromatic heterocycles. The van der Waals surface area contributed by atoms with Gasteiger partial charge in [0.25, 0.3) is 0 Å². The van der Waals surface area contributed by atoms with E-state index in [9.17, 15) is 0 Å². The van der Waals surface area contributed by atoms with Gasteiger partial charge in [-0.25, -0.2) is 9.97 Å². The molecule has 0 aliphatic rings. The van der Waals surface area contributed by atoms with E-state index < -0.39 is 0 Å². The third-order valence-electron chi connectivity index (χ3n) is 1.27. The zero-order valence-corrected chi connectivity index (χ0v) is 9.64. The molecule has 1 heterocycles. The Morgan fingerprint density at radius 2 is 2.00 bits per heavy atom. The first-order valence-corrected chi connectivity index (χ1v) is 5.01. The van der Waals surface area contributed by atoms with Crippen molar-refractivity contribution < 1.29 is 0 Å². The van der Waals surface area contributed by atoms with Crippen LogP contribution in [-0.4, -0.2) is 9.97 Å². The monoisotopic (exact) mass is 230 g/mol. The van der Waals surface area contributed by atoms with Gasteiger partial charge in [0.15, 0.2) is 0 Å². The Kier molecular flexibility index (Phi) is 5.89. The van der Waals surface area contributed by atoms with Crippen LogP contribution in [-0.2, 0) is 6.42 Å². The van der Waals surface area contributed by atoms with Crippen molar-refractivity contribution in [1.29, 1.82) is 0 Å². The van der Waals surface area contributed by atoms with Gasteiger partial charge in [0.2, 0.25) is 0 Å². The predicted molar refractivity (Wildman–Crippen MR) is 55.2 cm³/mol. The van der Waals surface area contributed by atoms with E-state index in [2.05, 4.69) is 32.8 Å². The maximum atomic E-state index is 4.23. The molecule has 0 unspecified atom stereocenters. The molecule has 0 atom stereocenters. The molecule has 0 saturated heterocycles. The van der Waals surface area contributed by atoms with Gasteiger partial charge in [-0.1, -0.05) is 20.8 Å². The Hall–Kier alpha value is -0.440. The van der Waals surface area contributed by atoms with Gasteiger partial charge in [-0.3, -0.25) is 0 Å². The summed E-state index contributed by atoms with van der Waals surface area (Å²) in [5.41, 5.74) is 1.08. The van der Waals surface area contributed by atoms with Crippen LogP contribution >= 0.6 is 15.9 Å². The van der Waals surface area contributed by atoms with E-state index in [0.29, 0.717) is 0 Å². The first-order chi connectivity index (χ1) is 5.74. The number of hydrogen-bond acceptors (Lipinski definition) is 2. The zero-order valence-electron chi connectivity index (χ0n) is 8.06. The van der Waals surface area contributed by atoms with Gasteiger partial charge < -0.3 is 0 Å². The van der Waals surface area contributed by atoms with Gasteiger partial charge in [-0.15, -0.1) is 0 Å². The van der Waals surface area contributed by atoms with Crippen molar-refractivity contribution in [2.75, 3.05) is 0 Å². The highest BCUT2D eigenvalue weighted by Gasteiger charge is 1.98. The lowest BCUT2D eigenvalue weighted by Gasteiger charge is -1.98. The van der Waals surface area contributed by atoms with Crippen molar-refractivity contribution in [1.82, 2.24) is 9.97 Å². The summed E-state index contributed by atoms with van der Waals surface area (Å²) in [5.74, 6) is 0.833. The fourth-order valence-electron chi connectivity index (χ4n) is 0.750. The molecular weight excluding hydrogens is 216 g/mol. The lowest BCUT2D eigenvalue weighted by molar-refractivity contribution is 0.937. The van der Waals surface area contributed by atoms with E-state index in [4.69, 9.17) is 0 Å². The second kappa shape index (κ2) is 6.12. The van der Waals surface area contributed by atoms with Crippen molar-refractivity contribution in [3.63, 3.8) is 0 Å². The molecular formula is C9H15BrN2. The Labute approximate surface area is 82.6 Å². The van der Waals surface area contributed by atoms with E-state index in [1.165, 1.54) is 0 Å². The molecule has 0 aliphatic heterocycles. The van der Waals surface area contributed by atoms with Gasteiger partial charge >= 0.3 is 0 Å². The number of aromatic nitrogens is 2. The van der Waals surface area contributed by atoms with Crippen LogP contribution in [0.3, 0.4) is 0 Å². The molecule has 0 bridgehead atoms. The average molecular weight is 231 g/mol. The molecule has 12 heavy (non-hydrogen) atoms. The quantitative estimate of drug-likeness (QED) is 0.741. The first-order valence-electron chi connectivity index (χ1n) is 4.22. The largest absolute Gasteiger partial charge is 0.240 e. The van der Waals surface area contributed by atoms with Crippen LogP contribution in [0.4, 0.5) is 0 Å². The lowest BCUT2D eigenvalue weighted by Crippen LogP contribution is -1.93. The van der Waals surface area contributed by atoms with Gasteiger partial charge in [-0.2, -0.15) is 0 Å². The van der Waals surface area contributed by atoms with Crippen LogP contribution in [0.5, 0.6) is 0 Å². The summed E-state index contributed by atoms with van der Waals surface area (Å²) in [5, 5.41) is 0. The van der Waals surface area contributed by atoms with Crippen LogP contribution in [0.2, 0.25) is 0 Å². The molecule has 1 rings (SSSR count). The minimum absolute atomic E-state index is 0.833. The van der Waals surface area contributed by atoms with Crippen LogP contribution in [0.15, 0.2) is 10.7 Å². The third-order valence-corrected chi connectivity index (χ3v) is 1.93. The number of aryl methyl sites for hydroxylation is 2. The second-order valence-corrected chi connectivity index (χ2v) is 2.92. The summed E-state index contributed by atoms with van der Waals surface area (Å²) >= 11 is 3.37. The van der Waals surface area contributed by atoms with Crippen molar-refractivity contribution >= 4 is 15.9 Å². The Bertz CT molecular complexity index is 236.